The smallest absolute Gasteiger partial charge is 0.136 e. The van der Waals surface area contributed by atoms with Crippen molar-refractivity contribution in [3.8, 4) is 11.1 Å². The maximum atomic E-state index is 6.28. The molecule has 0 spiro atoms. The fourth-order valence-electron chi connectivity index (χ4n) is 8.37. The van der Waals surface area contributed by atoms with Crippen LogP contribution in [0.3, 0.4) is 0 Å². The van der Waals surface area contributed by atoms with E-state index in [1.807, 2.05) is 12.1 Å². The molecule has 0 bridgehead atoms. The van der Waals surface area contributed by atoms with Crippen molar-refractivity contribution in [3.05, 3.63) is 218 Å². The molecule has 268 valence electrons. The summed E-state index contributed by atoms with van der Waals surface area (Å²) in [6.07, 6.45) is 0. The highest BCUT2D eigenvalue weighted by Gasteiger charge is 2.18. The lowest BCUT2D eigenvalue weighted by Gasteiger charge is -2.29. The number of benzene rings is 10. The van der Waals surface area contributed by atoms with Gasteiger partial charge in [-0.05, 0) is 134 Å². The third kappa shape index (κ3) is 5.85. The van der Waals surface area contributed by atoms with Crippen LogP contribution in [0.4, 0.5) is 34.1 Å². The van der Waals surface area contributed by atoms with E-state index in [-0.39, 0.29) is 0 Å². The second kappa shape index (κ2) is 13.6. The first-order valence-electron chi connectivity index (χ1n) is 19.4. The highest BCUT2D eigenvalue weighted by Crippen LogP contribution is 2.42. The van der Waals surface area contributed by atoms with Crippen LogP contribution < -0.4 is 9.80 Å². The molecule has 3 heteroatoms. The molecule has 3 nitrogen and oxygen atoms in total. The van der Waals surface area contributed by atoms with Crippen LogP contribution in [0.25, 0.3) is 65.4 Å². The highest BCUT2D eigenvalue weighted by atomic mass is 16.3. The Hall–Kier alpha value is -7.62. The minimum Gasteiger partial charge on any atom is -0.456 e. The summed E-state index contributed by atoms with van der Waals surface area (Å²) in [6, 6.07) is 78.3. The molecular formula is C54H36N2O. The predicted octanol–water partition coefficient (Wildman–Crippen LogP) is 15.7. The zero-order valence-electron chi connectivity index (χ0n) is 31.1. The third-order valence-corrected chi connectivity index (χ3v) is 11.2. The quantitative estimate of drug-likeness (QED) is 0.152. The molecule has 0 fully saturated rings. The Morgan fingerprint density at radius 1 is 0.246 bits per heavy atom. The average Bonchev–Trinajstić information content (AvgIpc) is 3.65. The van der Waals surface area contributed by atoms with E-state index in [9.17, 15) is 0 Å². The minimum absolute atomic E-state index is 0.910. The van der Waals surface area contributed by atoms with Crippen molar-refractivity contribution in [3.63, 3.8) is 0 Å². The van der Waals surface area contributed by atoms with Gasteiger partial charge in [0.15, 0.2) is 0 Å². The van der Waals surface area contributed by atoms with Crippen LogP contribution in [0, 0.1) is 0 Å². The lowest BCUT2D eigenvalue weighted by Crippen LogP contribution is -2.12. The van der Waals surface area contributed by atoms with Gasteiger partial charge in [-0.3, -0.25) is 0 Å². The van der Waals surface area contributed by atoms with Crippen LogP contribution >= 0.6 is 0 Å². The number of hydrogen-bond acceptors (Lipinski definition) is 3. The van der Waals surface area contributed by atoms with Crippen molar-refractivity contribution in [2.75, 3.05) is 9.80 Å². The second-order valence-corrected chi connectivity index (χ2v) is 14.6. The number of fused-ring (bicyclic) bond motifs is 7. The topological polar surface area (TPSA) is 19.6 Å². The Labute approximate surface area is 330 Å². The third-order valence-electron chi connectivity index (χ3n) is 11.2. The number of furan rings is 1. The monoisotopic (exact) mass is 728 g/mol. The summed E-state index contributed by atoms with van der Waals surface area (Å²) in [5.74, 6) is 0. The van der Waals surface area contributed by atoms with E-state index in [0.717, 1.165) is 61.4 Å². The minimum atomic E-state index is 0.910. The molecule has 0 aliphatic heterocycles. The van der Waals surface area contributed by atoms with Crippen LogP contribution in [0.1, 0.15) is 0 Å². The molecule has 0 saturated heterocycles. The van der Waals surface area contributed by atoms with Gasteiger partial charge in [0.05, 0.1) is 0 Å². The molecule has 1 aromatic heterocycles. The molecule has 11 rings (SSSR count). The first-order valence-corrected chi connectivity index (χ1v) is 19.4. The van der Waals surface area contributed by atoms with Crippen LogP contribution in [-0.2, 0) is 0 Å². The molecule has 57 heavy (non-hydrogen) atoms. The van der Waals surface area contributed by atoms with E-state index in [1.165, 1.54) is 38.1 Å². The lowest BCUT2D eigenvalue weighted by molar-refractivity contribution is 0.669. The molecule has 0 N–H and O–H groups in total. The molecule has 0 radical (unpaired) electrons. The van der Waals surface area contributed by atoms with Gasteiger partial charge in [-0.25, -0.2) is 0 Å². The van der Waals surface area contributed by atoms with Gasteiger partial charge in [0.25, 0.3) is 0 Å². The normalized spacial score (nSPS) is 11.5. The fraction of sp³-hybridized carbons (Fsp3) is 0. The first kappa shape index (κ1) is 32.8. The molecular weight excluding hydrogens is 693 g/mol. The van der Waals surface area contributed by atoms with E-state index in [4.69, 9.17) is 4.42 Å². The Morgan fingerprint density at radius 2 is 0.737 bits per heavy atom. The van der Waals surface area contributed by atoms with Crippen molar-refractivity contribution in [1.29, 1.82) is 0 Å². The van der Waals surface area contributed by atoms with Gasteiger partial charge >= 0.3 is 0 Å². The molecule has 0 unspecified atom stereocenters. The number of nitrogens with zero attached hydrogens (tertiary/aromatic N) is 2. The number of anilines is 6. The summed E-state index contributed by atoms with van der Waals surface area (Å²) < 4.78 is 6.28. The predicted molar refractivity (Wildman–Crippen MR) is 241 cm³/mol. The molecule has 10 aromatic carbocycles. The standard InChI is InChI=1S/C54H36N2O/c1-3-11-37(12-4-1)39-21-25-44(26-22-39)56(48-28-24-40-19-20-42-34-54-52(36-51(42)50(40)35-48)49-17-9-10-18-53(49)57-54)46-31-29-45(30-32-46)55(43-15-5-2-6-16-43)47-27-23-38-13-7-8-14-41(38)33-47/h1-36H. The van der Waals surface area contributed by atoms with Gasteiger partial charge < -0.3 is 14.2 Å². The van der Waals surface area contributed by atoms with E-state index in [0.29, 0.717) is 0 Å². The van der Waals surface area contributed by atoms with Crippen LogP contribution in [-0.4, -0.2) is 0 Å². The van der Waals surface area contributed by atoms with E-state index in [1.54, 1.807) is 0 Å². The highest BCUT2D eigenvalue weighted by molar-refractivity contribution is 6.17. The molecule has 11 aromatic rings. The van der Waals surface area contributed by atoms with Gasteiger partial charge in [-0.15, -0.1) is 0 Å². The zero-order valence-corrected chi connectivity index (χ0v) is 31.1. The zero-order chi connectivity index (χ0) is 37.7. The van der Waals surface area contributed by atoms with E-state index >= 15 is 0 Å². The second-order valence-electron chi connectivity index (χ2n) is 14.6. The van der Waals surface area contributed by atoms with Crippen LogP contribution in [0.5, 0.6) is 0 Å². The van der Waals surface area contributed by atoms with Gasteiger partial charge in [-0.1, -0.05) is 127 Å². The molecule has 0 aliphatic rings. The maximum Gasteiger partial charge on any atom is 0.136 e. The number of rotatable bonds is 7. The van der Waals surface area contributed by atoms with Crippen molar-refractivity contribution >= 4 is 88.4 Å². The van der Waals surface area contributed by atoms with Crippen molar-refractivity contribution < 1.29 is 4.42 Å². The Balaban J connectivity index is 1.06. The molecule has 0 saturated carbocycles. The van der Waals surface area contributed by atoms with Crippen molar-refractivity contribution in [1.82, 2.24) is 0 Å². The van der Waals surface area contributed by atoms with Gasteiger partial charge in [0.2, 0.25) is 0 Å². The maximum absolute atomic E-state index is 6.28. The van der Waals surface area contributed by atoms with Crippen molar-refractivity contribution in [2.24, 2.45) is 0 Å². The SMILES string of the molecule is c1ccc(-c2ccc(N(c3ccc(N(c4ccccc4)c4ccc5ccccc5c4)cc3)c3ccc4ccc5cc6oc7ccccc7c6cc5c4c3)cc2)cc1. The summed E-state index contributed by atoms with van der Waals surface area (Å²) in [4.78, 5) is 4.70. The molecule has 0 amide bonds. The number of hydrogen-bond donors (Lipinski definition) is 0. The van der Waals surface area contributed by atoms with Gasteiger partial charge in [0.1, 0.15) is 11.2 Å². The first-order chi connectivity index (χ1) is 28.2. The Bertz CT molecular complexity index is 3220. The lowest BCUT2D eigenvalue weighted by atomic mass is 9.98. The molecule has 0 atom stereocenters. The van der Waals surface area contributed by atoms with Gasteiger partial charge in [0, 0.05) is 44.9 Å². The van der Waals surface area contributed by atoms with Crippen molar-refractivity contribution in [2.45, 2.75) is 0 Å². The molecule has 0 aliphatic carbocycles. The number of para-hydroxylation sites is 2. The van der Waals surface area contributed by atoms with Gasteiger partial charge in [-0.2, -0.15) is 0 Å². The molecule has 1 heterocycles. The largest absolute Gasteiger partial charge is 0.456 e. The van der Waals surface area contributed by atoms with Crippen LogP contribution in [0.2, 0.25) is 0 Å². The van der Waals surface area contributed by atoms with Crippen LogP contribution in [0.15, 0.2) is 223 Å². The van der Waals surface area contributed by atoms with E-state index in [2.05, 4.69) is 216 Å². The van der Waals surface area contributed by atoms with E-state index < -0.39 is 0 Å². The Kier molecular flexibility index (Phi) is 7.82. The summed E-state index contributed by atoms with van der Waals surface area (Å²) in [5.41, 5.74) is 10.7. The average molecular weight is 729 g/mol. The summed E-state index contributed by atoms with van der Waals surface area (Å²) >= 11 is 0. The summed E-state index contributed by atoms with van der Waals surface area (Å²) in [7, 11) is 0. The summed E-state index contributed by atoms with van der Waals surface area (Å²) in [6.45, 7) is 0. The Morgan fingerprint density at radius 3 is 1.47 bits per heavy atom. The fourth-order valence-corrected chi connectivity index (χ4v) is 8.37. The summed E-state index contributed by atoms with van der Waals surface area (Å²) in [5, 5.41) is 9.46.